The summed E-state index contributed by atoms with van der Waals surface area (Å²) in [5.41, 5.74) is 1.18. The molecule has 0 aromatic heterocycles. The Morgan fingerprint density at radius 3 is 2.65 bits per heavy atom. The molecule has 1 N–H and O–H groups in total. The predicted octanol–water partition coefficient (Wildman–Crippen LogP) is 2.77. The lowest BCUT2D eigenvalue weighted by atomic mass is 10.2. The zero-order valence-corrected chi connectivity index (χ0v) is 11.1. The number of ether oxygens (including phenoxy) is 2. The molecule has 0 aliphatic heterocycles. The van der Waals surface area contributed by atoms with Crippen molar-refractivity contribution < 1.29 is 9.47 Å². The van der Waals surface area contributed by atoms with Gasteiger partial charge in [0.25, 0.3) is 0 Å². The van der Waals surface area contributed by atoms with Gasteiger partial charge in [0.1, 0.15) is 0 Å². The highest BCUT2D eigenvalue weighted by Gasteiger charge is 2.03. The molecule has 3 nitrogen and oxygen atoms in total. The molecule has 17 heavy (non-hydrogen) atoms. The van der Waals surface area contributed by atoms with E-state index in [2.05, 4.69) is 5.32 Å². The number of hydrogen-bond acceptors (Lipinski definition) is 3. The maximum Gasteiger partial charge on any atom is 0.161 e. The van der Waals surface area contributed by atoms with Gasteiger partial charge in [0.2, 0.25) is 0 Å². The van der Waals surface area contributed by atoms with Crippen LogP contribution >= 0.6 is 0 Å². The highest BCUT2D eigenvalue weighted by molar-refractivity contribution is 5.42. The molecule has 0 aliphatic rings. The van der Waals surface area contributed by atoms with E-state index in [9.17, 15) is 0 Å². The van der Waals surface area contributed by atoms with Gasteiger partial charge >= 0.3 is 0 Å². The molecule has 0 bridgehead atoms. The summed E-state index contributed by atoms with van der Waals surface area (Å²) in [6, 6.07) is 6.01. The van der Waals surface area contributed by atoms with E-state index < -0.39 is 0 Å². The van der Waals surface area contributed by atoms with Crippen LogP contribution in [0.1, 0.15) is 24.8 Å². The highest BCUT2D eigenvalue weighted by atomic mass is 16.5. The second-order valence-electron chi connectivity index (χ2n) is 4.17. The average molecular weight is 237 g/mol. The van der Waals surface area contributed by atoms with E-state index >= 15 is 0 Å². The zero-order valence-electron chi connectivity index (χ0n) is 11.1. The number of rotatable bonds is 8. The van der Waals surface area contributed by atoms with E-state index in [1.807, 2.05) is 32.2 Å². The average Bonchev–Trinajstić information content (AvgIpc) is 2.35. The summed E-state index contributed by atoms with van der Waals surface area (Å²) in [6.45, 7) is 3.88. The van der Waals surface area contributed by atoms with Crippen molar-refractivity contribution in [2.24, 2.45) is 0 Å². The number of aryl methyl sites for hydroxylation is 1. The van der Waals surface area contributed by atoms with Gasteiger partial charge in [0.15, 0.2) is 11.5 Å². The molecular weight excluding hydrogens is 214 g/mol. The van der Waals surface area contributed by atoms with E-state index in [1.165, 1.54) is 18.4 Å². The quantitative estimate of drug-likeness (QED) is 0.705. The smallest absolute Gasteiger partial charge is 0.161 e. The Morgan fingerprint density at radius 2 is 1.94 bits per heavy atom. The Balaban J connectivity index is 2.31. The van der Waals surface area contributed by atoms with E-state index in [4.69, 9.17) is 9.47 Å². The monoisotopic (exact) mass is 237 g/mol. The van der Waals surface area contributed by atoms with Crippen LogP contribution in [0.2, 0.25) is 0 Å². The molecule has 0 unspecified atom stereocenters. The largest absolute Gasteiger partial charge is 0.493 e. The fourth-order valence-electron chi connectivity index (χ4n) is 1.66. The first-order valence-corrected chi connectivity index (χ1v) is 6.20. The zero-order chi connectivity index (χ0) is 12.5. The summed E-state index contributed by atoms with van der Waals surface area (Å²) in [5.74, 6) is 1.66. The third-order valence-electron chi connectivity index (χ3n) is 2.65. The molecule has 0 fully saturated rings. The second kappa shape index (κ2) is 7.96. The molecule has 0 saturated heterocycles. The minimum atomic E-state index is 0.753. The molecule has 0 heterocycles. The van der Waals surface area contributed by atoms with E-state index in [0.717, 1.165) is 31.1 Å². The van der Waals surface area contributed by atoms with Crippen LogP contribution in [0.25, 0.3) is 0 Å². The Morgan fingerprint density at radius 1 is 1.12 bits per heavy atom. The highest BCUT2D eigenvalue weighted by Crippen LogP contribution is 2.27. The number of hydrogen-bond donors (Lipinski definition) is 1. The molecule has 0 atom stereocenters. The number of unbranched alkanes of at least 4 members (excludes halogenated alkanes) is 2. The Kier molecular flexibility index (Phi) is 6.48. The van der Waals surface area contributed by atoms with Crippen LogP contribution in [0.3, 0.4) is 0 Å². The molecular formula is C14H23NO2. The lowest BCUT2D eigenvalue weighted by Gasteiger charge is -2.11. The summed E-state index contributed by atoms with van der Waals surface area (Å²) in [5, 5.41) is 3.14. The predicted molar refractivity (Wildman–Crippen MR) is 71.0 cm³/mol. The van der Waals surface area contributed by atoms with Crippen LogP contribution in [0.15, 0.2) is 18.2 Å². The molecule has 0 amide bonds. The second-order valence-corrected chi connectivity index (χ2v) is 4.17. The van der Waals surface area contributed by atoms with Gasteiger partial charge in [-0.1, -0.05) is 6.07 Å². The van der Waals surface area contributed by atoms with E-state index in [-0.39, 0.29) is 0 Å². The van der Waals surface area contributed by atoms with E-state index in [1.54, 1.807) is 7.11 Å². The normalized spacial score (nSPS) is 10.3. The minimum Gasteiger partial charge on any atom is -0.493 e. The van der Waals surface area contributed by atoms with Crippen molar-refractivity contribution in [3.8, 4) is 11.5 Å². The first kappa shape index (κ1) is 13.8. The van der Waals surface area contributed by atoms with Crippen LogP contribution in [-0.4, -0.2) is 27.3 Å². The Bertz CT molecular complexity index is 326. The van der Waals surface area contributed by atoms with Gasteiger partial charge in [-0.15, -0.1) is 0 Å². The topological polar surface area (TPSA) is 30.5 Å². The molecule has 3 heteroatoms. The molecule has 0 saturated carbocycles. The van der Waals surface area contributed by atoms with Crippen LogP contribution < -0.4 is 14.8 Å². The summed E-state index contributed by atoms with van der Waals surface area (Å²) >= 11 is 0. The lowest BCUT2D eigenvalue weighted by Crippen LogP contribution is -2.08. The van der Waals surface area contributed by atoms with Crippen LogP contribution in [-0.2, 0) is 0 Å². The third kappa shape index (κ3) is 5.09. The van der Waals surface area contributed by atoms with E-state index in [0.29, 0.717) is 0 Å². The first-order chi connectivity index (χ1) is 8.27. The summed E-state index contributed by atoms with van der Waals surface area (Å²) < 4.78 is 11.0. The standard InChI is InChI=1S/C14H23NO2/c1-12-7-8-13(14(11-12)16-3)17-10-6-4-5-9-15-2/h7-8,11,15H,4-6,9-10H2,1-3H3. The third-order valence-corrected chi connectivity index (χ3v) is 2.65. The van der Waals surface area contributed by atoms with Gasteiger partial charge in [0, 0.05) is 0 Å². The van der Waals surface area contributed by atoms with Crippen molar-refractivity contribution >= 4 is 0 Å². The minimum absolute atomic E-state index is 0.753. The van der Waals surface area contributed by atoms with Crippen LogP contribution in [0, 0.1) is 6.92 Å². The molecule has 0 aliphatic carbocycles. The van der Waals surface area contributed by atoms with Crippen molar-refractivity contribution in [1.29, 1.82) is 0 Å². The van der Waals surface area contributed by atoms with Crippen molar-refractivity contribution in [2.75, 3.05) is 27.3 Å². The fourth-order valence-corrected chi connectivity index (χ4v) is 1.66. The van der Waals surface area contributed by atoms with Gasteiger partial charge in [-0.05, 0) is 57.5 Å². The SMILES string of the molecule is CNCCCCCOc1ccc(C)cc1OC. The van der Waals surface area contributed by atoms with Crippen molar-refractivity contribution in [2.45, 2.75) is 26.2 Å². The fraction of sp³-hybridized carbons (Fsp3) is 0.571. The molecule has 0 radical (unpaired) electrons. The Labute approximate surface area is 104 Å². The van der Waals surface area contributed by atoms with Crippen LogP contribution in [0.5, 0.6) is 11.5 Å². The number of methoxy groups -OCH3 is 1. The first-order valence-electron chi connectivity index (χ1n) is 6.20. The summed E-state index contributed by atoms with van der Waals surface area (Å²) in [7, 11) is 3.65. The number of nitrogens with one attached hydrogen (secondary N) is 1. The van der Waals surface area contributed by atoms with Crippen molar-refractivity contribution in [3.05, 3.63) is 23.8 Å². The van der Waals surface area contributed by atoms with Gasteiger partial charge in [-0.25, -0.2) is 0 Å². The maximum atomic E-state index is 5.72. The van der Waals surface area contributed by atoms with Gasteiger partial charge in [0.05, 0.1) is 13.7 Å². The molecule has 0 spiro atoms. The number of benzene rings is 1. The maximum absolute atomic E-state index is 5.72. The van der Waals surface area contributed by atoms with Crippen LogP contribution in [0.4, 0.5) is 0 Å². The van der Waals surface area contributed by atoms with Gasteiger partial charge < -0.3 is 14.8 Å². The Hall–Kier alpha value is -1.22. The molecule has 1 rings (SSSR count). The van der Waals surface area contributed by atoms with Crippen molar-refractivity contribution in [3.63, 3.8) is 0 Å². The van der Waals surface area contributed by atoms with Gasteiger partial charge in [-0.3, -0.25) is 0 Å². The summed E-state index contributed by atoms with van der Waals surface area (Å²) in [4.78, 5) is 0. The lowest BCUT2D eigenvalue weighted by molar-refractivity contribution is 0.285. The molecule has 96 valence electrons. The molecule has 1 aromatic carbocycles. The summed E-state index contributed by atoms with van der Waals surface area (Å²) in [6.07, 6.45) is 3.47. The van der Waals surface area contributed by atoms with Gasteiger partial charge in [-0.2, -0.15) is 0 Å². The van der Waals surface area contributed by atoms with Crippen molar-refractivity contribution in [1.82, 2.24) is 5.32 Å². The molecule has 1 aromatic rings.